The summed E-state index contributed by atoms with van der Waals surface area (Å²) >= 11 is 0. The van der Waals surface area contributed by atoms with Crippen LogP contribution in [0.25, 0.3) is 0 Å². The summed E-state index contributed by atoms with van der Waals surface area (Å²) in [6.45, 7) is 0.537. The van der Waals surface area contributed by atoms with Gasteiger partial charge in [0.25, 0.3) is 11.8 Å². The predicted molar refractivity (Wildman–Crippen MR) is 92.9 cm³/mol. The van der Waals surface area contributed by atoms with E-state index < -0.39 is 6.10 Å². The highest BCUT2D eigenvalue weighted by Gasteiger charge is 2.29. The van der Waals surface area contributed by atoms with Crippen molar-refractivity contribution >= 4 is 11.8 Å². The lowest BCUT2D eigenvalue weighted by molar-refractivity contribution is -0.127. The number of ether oxygens (including phenoxy) is 2. The minimum atomic E-state index is -0.680. The number of benzene rings is 2. The summed E-state index contributed by atoms with van der Waals surface area (Å²) in [7, 11) is 1.53. The van der Waals surface area contributed by atoms with Crippen LogP contribution in [-0.2, 0) is 11.2 Å². The highest BCUT2D eigenvalue weighted by atomic mass is 19.1. The maximum atomic E-state index is 13.2. The number of halogens is 1. The van der Waals surface area contributed by atoms with Crippen molar-refractivity contribution in [1.29, 1.82) is 0 Å². The fourth-order valence-corrected chi connectivity index (χ4v) is 2.71. The van der Waals surface area contributed by atoms with E-state index in [1.807, 2.05) is 0 Å². The van der Waals surface area contributed by atoms with Gasteiger partial charge in [0.15, 0.2) is 6.10 Å². The van der Waals surface area contributed by atoms with E-state index in [1.54, 1.807) is 24.3 Å². The fraction of sp³-hybridized carbons (Fsp3) is 0.263. The maximum absolute atomic E-state index is 13.2. The first-order valence-corrected chi connectivity index (χ1v) is 8.22. The fourth-order valence-electron chi connectivity index (χ4n) is 2.71. The van der Waals surface area contributed by atoms with Gasteiger partial charge in [-0.3, -0.25) is 9.59 Å². The molecule has 2 amide bonds. The standard InChI is InChI=1S/C19H19FN2O4/c1-25-15-4-2-3-12(10-15)18(23)21-7-8-22-19(24)17-11-13-9-14(20)5-6-16(13)26-17/h2-6,9-10,17H,7-8,11H2,1H3,(H,21,23)(H,22,24). The molecule has 0 saturated heterocycles. The second-order valence-electron chi connectivity index (χ2n) is 5.84. The molecular weight excluding hydrogens is 339 g/mol. The first kappa shape index (κ1) is 17.7. The molecule has 2 aromatic rings. The number of amides is 2. The van der Waals surface area contributed by atoms with Gasteiger partial charge in [-0.1, -0.05) is 6.07 Å². The number of hydrogen-bond acceptors (Lipinski definition) is 4. The van der Waals surface area contributed by atoms with E-state index in [2.05, 4.69) is 10.6 Å². The van der Waals surface area contributed by atoms with E-state index in [4.69, 9.17) is 9.47 Å². The zero-order valence-electron chi connectivity index (χ0n) is 14.3. The number of hydrogen-bond donors (Lipinski definition) is 2. The van der Waals surface area contributed by atoms with E-state index in [9.17, 15) is 14.0 Å². The average Bonchev–Trinajstić information content (AvgIpc) is 3.08. The molecule has 0 aliphatic carbocycles. The van der Waals surface area contributed by atoms with Crippen LogP contribution in [0.5, 0.6) is 11.5 Å². The third-order valence-corrected chi connectivity index (χ3v) is 4.03. The Kier molecular flexibility index (Phi) is 5.36. The zero-order valence-corrected chi connectivity index (χ0v) is 14.3. The Labute approximate surface area is 150 Å². The number of carbonyl (C=O) groups is 2. The van der Waals surface area contributed by atoms with Gasteiger partial charge in [0.2, 0.25) is 0 Å². The molecule has 1 aliphatic heterocycles. The van der Waals surface area contributed by atoms with E-state index in [0.717, 1.165) is 0 Å². The van der Waals surface area contributed by atoms with Crippen LogP contribution in [0.4, 0.5) is 4.39 Å². The third-order valence-electron chi connectivity index (χ3n) is 4.03. The van der Waals surface area contributed by atoms with Crippen molar-refractivity contribution in [3.8, 4) is 11.5 Å². The Bertz CT molecular complexity index is 825. The molecule has 0 bridgehead atoms. The third kappa shape index (κ3) is 4.11. The molecule has 1 atom stereocenters. The number of carbonyl (C=O) groups excluding carboxylic acids is 2. The summed E-state index contributed by atoms with van der Waals surface area (Å²) in [6, 6.07) is 11.0. The maximum Gasteiger partial charge on any atom is 0.261 e. The summed E-state index contributed by atoms with van der Waals surface area (Å²) in [4.78, 5) is 24.2. The monoisotopic (exact) mass is 358 g/mol. The smallest absolute Gasteiger partial charge is 0.261 e. The van der Waals surface area contributed by atoms with Gasteiger partial charge >= 0.3 is 0 Å². The topological polar surface area (TPSA) is 76.7 Å². The van der Waals surface area contributed by atoms with E-state index in [-0.39, 0.29) is 30.7 Å². The second kappa shape index (κ2) is 7.86. The number of rotatable bonds is 6. The van der Waals surface area contributed by atoms with Gasteiger partial charge in [-0.15, -0.1) is 0 Å². The summed E-state index contributed by atoms with van der Waals surface area (Å²) in [5, 5.41) is 5.43. The minimum absolute atomic E-state index is 0.252. The van der Waals surface area contributed by atoms with Crippen LogP contribution in [0.3, 0.4) is 0 Å². The lowest BCUT2D eigenvalue weighted by Gasteiger charge is -2.12. The quantitative estimate of drug-likeness (QED) is 0.771. The summed E-state index contributed by atoms with van der Waals surface area (Å²) in [5.74, 6) is 0.224. The summed E-state index contributed by atoms with van der Waals surface area (Å²) < 4.78 is 23.8. The van der Waals surface area contributed by atoms with Crippen molar-refractivity contribution in [2.75, 3.05) is 20.2 Å². The molecule has 7 heteroatoms. The Hall–Kier alpha value is -3.09. The molecule has 1 aliphatic rings. The first-order chi connectivity index (χ1) is 12.6. The van der Waals surface area contributed by atoms with Gasteiger partial charge in [-0.05, 0) is 36.4 Å². The molecule has 1 unspecified atom stereocenters. The molecule has 6 nitrogen and oxygen atoms in total. The van der Waals surface area contributed by atoms with Gasteiger partial charge in [0.05, 0.1) is 7.11 Å². The number of fused-ring (bicyclic) bond motifs is 1. The van der Waals surface area contributed by atoms with Crippen molar-refractivity contribution in [2.45, 2.75) is 12.5 Å². The number of nitrogens with one attached hydrogen (secondary N) is 2. The summed E-state index contributed by atoms with van der Waals surface area (Å²) in [6.07, 6.45) is -0.351. The molecule has 136 valence electrons. The number of methoxy groups -OCH3 is 1. The molecule has 0 radical (unpaired) electrons. The minimum Gasteiger partial charge on any atom is -0.497 e. The van der Waals surface area contributed by atoms with E-state index in [1.165, 1.54) is 25.3 Å². The molecule has 26 heavy (non-hydrogen) atoms. The van der Waals surface area contributed by atoms with Crippen molar-refractivity contribution in [3.05, 3.63) is 59.4 Å². The molecule has 0 spiro atoms. The van der Waals surface area contributed by atoms with Crippen molar-refractivity contribution in [2.24, 2.45) is 0 Å². The van der Waals surface area contributed by atoms with Crippen LogP contribution in [-0.4, -0.2) is 38.1 Å². The Morgan fingerprint density at radius 1 is 1.19 bits per heavy atom. The van der Waals surface area contributed by atoms with Gasteiger partial charge in [-0.2, -0.15) is 0 Å². The largest absolute Gasteiger partial charge is 0.497 e. The predicted octanol–water partition coefficient (Wildman–Crippen LogP) is 1.68. The molecule has 2 aromatic carbocycles. The average molecular weight is 358 g/mol. The van der Waals surface area contributed by atoms with Gasteiger partial charge in [0, 0.05) is 30.6 Å². The van der Waals surface area contributed by atoms with Crippen LogP contribution in [0, 0.1) is 5.82 Å². The van der Waals surface area contributed by atoms with Crippen LogP contribution >= 0.6 is 0 Å². The van der Waals surface area contributed by atoms with Gasteiger partial charge in [-0.25, -0.2) is 4.39 Å². The highest BCUT2D eigenvalue weighted by Crippen LogP contribution is 2.29. The highest BCUT2D eigenvalue weighted by molar-refractivity contribution is 5.94. The van der Waals surface area contributed by atoms with Crippen LogP contribution < -0.4 is 20.1 Å². The van der Waals surface area contributed by atoms with Crippen molar-refractivity contribution in [1.82, 2.24) is 10.6 Å². The molecule has 2 N–H and O–H groups in total. The molecular formula is C19H19FN2O4. The molecule has 3 rings (SSSR count). The first-order valence-electron chi connectivity index (χ1n) is 8.22. The van der Waals surface area contributed by atoms with Crippen LogP contribution in [0.1, 0.15) is 15.9 Å². The Morgan fingerprint density at radius 3 is 2.81 bits per heavy atom. The van der Waals surface area contributed by atoms with Crippen LogP contribution in [0.2, 0.25) is 0 Å². The molecule has 0 aromatic heterocycles. The van der Waals surface area contributed by atoms with Crippen molar-refractivity contribution in [3.63, 3.8) is 0 Å². The summed E-state index contributed by atoms with van der Waals surface area (Å²) in [5.41, 5.74) is 1.16. The molecule has 1 heterocycles. The van der Waals surface area contributed by atoms with E-state index >= 15 is 0 Å². The van der Waals surface area contributed by atoms with Crippen molar-refractivity contribution < 1.29 is 23.5 Å². The van der Waals surface area contributed by atoms with Crippen LogP contribution in [0.15, 0.2) is 42.5 Å². The Balaban J connectivity index is 1.42. The molecule has 0 fully saturated rings. The van der Waals surface area contributed by atoms with E-state index in [0.29, 0.717) is 29.0 Å². The normalized spacial score (nSPS) is 14.9. The SMILES string of the molecule is COc1cccc(C(=O)NCCNC(=O)C2Cc3cc(F)ccc3O2)c1. The Morgan fingerprint density at radius 2 is 2.00 bits per heavy atom. The second-order valence-corrected chi connectivity index (χ2v) is 5.84. The lowest BCUT2D eigenvalue weighted by Crippen LogP contribution is -2.41. The lowest BCUT2D eigenvalue weighted by atomic mass is 10.1. The van der Waals surface area contributed by atoms with Gasteiger partial charge in [0.1, 0.15) is 17.3 Å². The van der Waals surface area contributed by atoms with Gasteiger partial charge < -0.3 is 20.1 Å². The zero-order chi connectivity index (χ0) is 18.5. The molecule has 0 saturated carbocycles.